The zero-order chi connectivity index (χ0) is 10.9. The van der Waals surface area contributed by atoms with E-state index in [0.29, 0.717) is 0 Å². The normalized spacial score (nSPS) is 28.2. The van der Waals surface area contributed by atoms with E-state index in [0.717, 1.165) is 32.5 Å². The minimum Gasteiger partial charge on any atom is -0.389 e. The van der Waals surface area contributed by atoms with Gasteiger partial charge in [-0.2, -0.15) is 0 Å². The molecule has 15 heavy (non-hydrogen) atoms. The van der Waals surface area contributed by atoms with Crippen molar-refractivity contribution in [2.24, 2.45) is 0 Å². The quantitative estimate of drug-likeness (QED) is 0.905. The Bertz CT molecular complexity index is 337. The van der Waals surface area contributed by atoms with Gasteiger partial charge in [0.25, 0.3) is 0 Å². The minimum atomic E-state index is -0.495. The molecular formula is C11H16BrNOS. The molecule has 0 spiro atoms. The number of rotatable bonds is 2. The van der Waals surface area contributed by atoms with Crippen LogP contribution < -0.4 is 0 Å². The van der Waals surface area contributed by atoms with Crippen LogP contribution in [-0.2, 0) is 6.54 Å². The summed E-state index contributed by atoms with van der Waals surface area (Å²) in [4.78, 5) is 2.33. The van der Waals surface area contributed by atoms with Crippen molar-refractivity contribution in [2.45, 2.75) is 31.9 Å². The smallest absolute Gasteiger partial charge is 0.0746 e. The molecule has 1 N–H and O–H groups in total. The monoisotopic (exact) mass is 289 g/mol. The summed E-state index contributed by atoms with van der Waals surface area (Å²) in [5.41, 5.74) is 0.843. The summed E-state index contributed by atoms with van der Waals surface area (Å²) in [6.07, 6.45) is 2.02. The Hall–Kier alpha value is 0.100. The Morgan fingerprint density at radius 1 is 1.67 bits per heavy atom. The predicted octanol–water partition coefficient (Wildman–Crippen LogP) is 2.86. The van der Waals surface area contributed by atoms with Gasteiger partial charge in [0.15, 0.2) is 0 Å². The molecule has 2 rings (SSSR count). The van der Waals surface area contributed by atoms with Crippen molar-refractivity contribution in [1.82, 2.24) is 4.90 Å². The third-order valence-electron chi connectivity index (χ3n) is 2.78. The molecule has 2 nitrogen and oxygen atoms in total. The number of aliphatic hydroxyl groups is 1. The second kappa shape index (κ2) is 4.53. The van der Waals surface area contributed by atoms with E-state index in [4.69, 9.17) is 0 Å². The van der Waals surface area contributed by atoms with Gasteiger partial charge in [0.05, 0.1) is 9.39 Å². The molecule has 1 aliphatic heterocycles. The summed E-state index contributed by atoms with van der Waals surface area (Å²) in [7, 11) is 0. The van der Waals surface area contributed by atoms with E-state index in [9.17, 15) is 5.11 Å². The molecule has 0 bridgehead atoms. The molecule has 2 heterocycles. The lowest BCUT2D eigenvalue weighted by molar-refractivity contribution is -0.0181. The average molecular weight is 290 g/mol. The molecule has 0 aromatic carbocycles. The Balaban J connectivity index is 1.95. The third-order valence-corrected chi connectivity index (χ3v) is 4.34. The zero-order valence-electron chi connectivity index (χ0n) is 8.87. The second-order valence-electron chi connectivity index (χ2n) is 4.57. The molecule has 1 unspecified atom stereocenters. The fraction of sp³-hybridized carbons (Fsp3) is 0.636. The van der Waals surface area contributed by atoms with Crippen LogP contribution in [0.25, 0.3) is 0 Å². The fourth-order valence-electron chi connectivity index (χ4n) is 2.15. The predicted molar refractivity (Wildman–Crippen MR) is 67.2 cm³/mol. The highest BCUT2D eigenvalue weighted by Crippen LogP contribution is 2.25. The van der Waals surface area contributed by atoms with Crippen molar-refractivity contribution in [3.63, 3.8) is 0 Å². The Morgan fingerprint density at radius 3 is 3.07 bits per heavy atom. The highest BCUT2D eigenvalue weighted by molar-refractivity contribution is 9.11. The van der Waals surface area contributed by atoms with Gasteiger partial charge in [-0.15, -0.1) is 11.3 Å². The summed E-state index contributed by atoms with van der Waals surface area (Å²) >= 11 is 5.19. The van der Waals surface area contributed by atoms with Crippen LogP contribution in [0.15, 0.2) is 15.2 Å². The van der Waals surface area contributed by atoms with Crippen LogP contribution in [0.3, 0.4) is 0 Å². The van der Waals surface area contributed by atoms with Gasteiger partial charge in [-0.25, -0.2) is 0 Å². The van der Waals surface area contributed by atoms with Gasteiger partial charge in [0, 0.05) is 13.1 Å². The number of hydrogen-bond donors (Lipinski definition) is 1. The molecule has 0 saturated carbocycles. The van der Waals surface area contributed by atoms with Gasteiger partial charge in [0.1, 0.15) is 0 Å². The van der Waals surface area contributed by atoms with Crippen LogP contribution in [0, 0.1) is 0 Å². The average Bonchev–Trinajstić information content (AvgIpc) is 2.49. The molecule has 0 amide bonds. The highest BCUT2D eigenvalue weighted by Gasteiger charge is 2.28. The molecule has 0 aliphatic carbocycles. The molecular weight excluding hydrogens is 274 g/mol. The number of β-amino-alcohol motifs (C(OH)–C–C–N with tert-alkyl or cyclic N) is 1. The van der Waals surface area contributed by atoms with Crippen LogP contribution in [0.2, 0.25) is 0 Å². The number of nitrogens with zero attached hydrogens (tertiary/aromatic N) is 1. The summed E-state index contributed by atoms with van der Waals surface area (Å²) in [5.74, 6) is 0. The fourth-order valence-corrected chi connectivity index (χ4v) is 3.35. The molecule has 1 atom stereocenters. The highest BCUT2D eigenvalue weighted by atomic mass is 79.9. The van der Waals surface area contributed by atoms with Crippen LogP contribution >= 0.6 is 27.3 Å². The lowest BCUT2D eigenvalue weighted by Crippen LogP contribution is -2.45. The molecule has 4 heteroatoms. The topological polar surface area (TPSA) is 23.5 Å². The lowest BCUT2D eigenvalue weighted by atomic mass is 9.95. The SMILES string of the molecule is CC1(O)CCCN(Cc2csc(Br)c2)C1. The van der Waals surface area contributed by atoms with E-state index in [-0.39, 0.29) is 0 Å². The first kappa shape index (κ1) is 11.6. The third kappa shape index (κ3) is 3.28. The number of likely N-dealkylation sites (tertiary alicyclic amines) is 1. The van der Waals surface area contributed by atoms with E-state index in [2.05, 4.69) is 32.3 Å². The van der Waals surface area contributed by atoms with E-state index in [1.54, 1.807) is 11.3 Å². The summed E-state index contributed by atoms with van der Waals surface area (Å²) in [6, 6.07) is 2.16. The Labute approximate surface area is 103 Å². The lowest BCUT2D eigenvalue weighted by Gasteiger charge is -2.36. The molecule has 1 saturated heterocycles. The largest absolute Gasteiger partial charge is 0.389 e. The van der Waals surface area contributed by atoms with Crippen LogP contribution in [0.1, 0.15) is 25.3 Å². The molecule has 0 radical (unpaired) electrons. The van der Waals surface area contributed by atoms with E-state index < -0.39 is 5.60 Å². The first-order valence-corrected chi connectivity index (χ1v) is 6.90. The summed E-state index contributed by atoms with van der Waals surface area (Å²) < 4.78 is 1.18. The molecule has 1 aromatic heterocycles. The van der Waals surface area contributed by atoms with Crippen molar-refractivity contribution in [3.05, 3.63) is 20.8 Å². The first-order valence-electron chi connectivity index (χ1n) is 5.23. The van der Waals surface area contributed by atoms with Crippen molar-refractivity contribution >= 4 is 27.3 Å². The molecule has 1 aromatic rings. The number of halogens is 1. The minimum absolute atomic E-state index is 0.495. The van der Waals surface area contributed by atoms with Crippen molar-refractivity contribution in [2.75, 3.05) is 13.1 Å². The van der Waals surface area contributed by atoms with E-state index in [1.165, 1.54) is 9.35 Å². The van der Waals surface area contributed by atoms with Crippen molar-refractivity contribution in [1.29, 1.82) is 0 Å². The van der Waals surface area contributed by atoms with Gasteiger partial charge in [0.2, 0.25) is 0 Å². The van der Waals surface area contributed by atoms with Crippen molar-refractivity contribution < 1.29 is 5.11 Å². The maximum Gasteiger partial charge on any atom is 0.0746 e. The second-order valence-corrected chi connectivity index (χ2v) is 6.86. The van der Waals surface area contributed by atoms with Gasteiger partial charge in [-0.05, 0) is 59.2 Å². The Morgan fingerprint density at radius 2 is 2.47 bits per heavy atom. The van der Waals surface area contributed by atoms with Gasteiger partial charge < -0.3 is 5.11 Å². The zero-order valence-corrected chi connectivity index (χ0v) is 11.3. The van der Waals surface area contributed by atoms with Crippen LogP contribution in [-0.4, -0.2) is 28.7 Å². The number of piperidine rings is 1. The van der Waals surface area contributed by atoms with Gasteiger partial charge >= 0.3 is 0 Å². The molecule has 1 aliphatic rings. The molecule has 84 valence electrons. The molecule has 1 fully saturated rings. The summed E-state index contributed by atoms with van der Waals surface area (Å²) in [6.45, 7) is 4.78. The Kier molecular flexibility index (Phi) is 3.50. The van der Waals surface area contributed by atoms with Crippen LogP contribution in [0.4, 0.5) is 0 Å². The van der Waals surface area contributed by atoms with E-state index in [1.807, 2.05) is 6.92 Å². The van der Waals surface area contributed by atoms with Gasteiger partial charge in [-0.3, -0.25) is 4.90 Å². The van der Waals surface area contributed by atoms with Gasteiger partial charge in [-0.1, -0.05) is 0 Å². The van der Waals surface area contributed by atoms with Crippen LogP contribution in [0.5, 0.6) is 0 Å². The first-order chi connectivity index (χ1) is 7.05. The number of hydrogen-bond acceptors (Lipinski definition) is 3. The number of thiophene rings is 1. The van der Waals surface area contributed by atoms with E-state index >= 15 is 0 Å². The maximum absolute atomic E-state index is 9.98. The maximum atomic E-state index is 9.98. The van der Waals surface area contributed by atoms with Crippen molar-refractivity contribution in [3.8, 4) is 0 Å². The summed E-state index contributed by atoms with van der Waals surface area (Å²) in [5, 5.41) is 12.2. The standard InChI is InChI=1S/C11H16BrNOS/c1-11(14)3-2-4-13(8-11)6-9-5-10(12)15-7-9/h5,7,14H,2-4,6,8H2,1H3.